The molecule has 1 N–H and O–H groups in total. The summed E-state index contributed by atoms with van der Waals surface area (Å²) in [6.45, 7) is 5.64. The van der Waals surface area contributed by atoms with E-state index in [1.54, 1.807) is 30.0 Å². The molecule has 0 unspecified atom stereocenters. The average molecular weight is 449 g/mol. The fraction of sp³-hybridized carbons (Fsp3) is 0.231. The first-order chi connectivity index (χ1) is 15.6. The van der Waals surface area contributed by atoms with Gasteiger partial charge in [0.2, 0.25) is 0 Å². The van der Waals surface area contributed by atoms with Gasteiger partial charge in [0, 0.05) is 24.7 Å². The van der Waals surface area contributed by atoms with E-state index in [2.05, 4.69) is 0 Å². The molecule has 0 aromatic heterocycles. The summed E-state index contributed by atoms with van der Waals surface area (Å²) in [6, 6.07) is 16.6. The number of carbonyl (C=O) groups is 2. The molecule has 0 saturated carbocycles. The summed E-state index contributed by atoms with van der Waals surface area (Å²) in [7, 11) is 0. The van der Waals surface area contributed by atoms with E-state index in [4.69, 9.17) is 9.47 Å². The van der Waals surface area contributed by atoms with Crippen molar-refractivity contribution in [3.05, 3.63) is 88.7 Å². The number of fused-ring (bicyclic) bond motifs is 1. The lowest BCUT2D eigenvalue weighted by atomic mass is 10.1. The largest absolute Gasteiger partial charge is 0.478 e. The van der Waals surface area contributed by atoms with E-state index in [9.17, 15) is 19.1 Å². The van der Waals surface area contributed by atoms with Crippen LogP contribution in [0.1, 0.15) is 40.9 Å². The molecule has 0 saturated heterocycles. The van der Waals surface area contributed by atoms with Crippen LogP contribution in [0.15, 0.2) is 60.7 Å². The van der Waals surface area contributed by atoms with Gasteiger partial charge < -0.3 is 19.5 Å². The number of aryl methyl sites for hydroxylation is 1. The van der Waals surface area contributed by atoms with Crippen LogP contribution in [0, 0.1) is 12.7 Å². The monoisotopic (exact) mass is 449 g/mol. The van der Waals surface area contributed by atoms with Gasteiger partial charge in [-0.25, -0.2) is 9.18 Å². The SMILES string of the molecule is Cc1cc(Oc2cc(F)cc(C(=O)N3Cc4ccccc4C3)c2)ccc1OC(C)(C)C(=O)O. The van der Waals surface area contributed by atoms with Crippen molar-refractivity contribution < 1.29 is 28.6 Å². The standard InChI is InChI=1S/C26H24FNO5/c1-16-10-21(8-9-23(16)33-26(2,3)25(30)31)32-22-12-19(11-20(27)13-22)24(29)28-14-17-6-4-5-7-18(17)15-28/h4-13H,14-15H2,1-3H3,(H,30,31). The molecule has 1 aliphatic heterocycles. The molecule has 1 aliphatic rings. The van der Waals surface area contributed by atoms with Crippen molar-refractivity contribution in [2.24, 2.45) is 0 Å². The van der Waals surface area contributed by atoms with E-state index in [-0.39, 0.29) is 17.2 Å². The van der Waals surface area contributed by atoms with Gasteiger partial charge >= 0.3 is 5.97 Å². The molecule has 0 spiro atoms. The van der Waals surface area contributed by atoms with Gasteiger partial charge in [0.15, 0.2) is 5.60 Å². The van der Waals surface area contributed by atoms with E-state index in [0.29, 0.717) is 30.2 Å². The lowest BCUT2D eigenvalue weighted by molar-refractivity contribution is -0.152. The van der Waals surface area contributed by atoms with Crippen LogP contribution < -0.4 is 9.47 Å². The Bertz CT molecular complexity index is 1210. The number of halogens is 1. The zero-order valence-electron chi connectivity index (χ0n) is 18.6. The third-order valence-electron chi connectivity index (χ3n) is 5.51. The number of amides is 1. The number of aliphatic carboxylic acids is 1. The molecule has 0 fully saturated rings. The molecule has 3 aromatic rings. The molecule has 170 valence electrons. The van der Waals surface area contributed by atoms with Crippen molar-refractivity contribution in [3.63, 3.8) is 0 Å². The van der Waals surface area contributed by atoms with E-state index in [1.807, 2.05) is 24.3 Å². The maximum Gasteiger partial charge on any atom is 0.347 e. The summed E-state index contributed by atoms with van der Waals surface area (Å²) in [6.07, 6.45) is 0. The Morgan fingerprint density at radius 2 is 1.64 bits per heavy atom. The smallest absolute Gasteiger partial charge is 0.347 e. The third kappa shape index (κ3) is 4.82. The van der Waals surface area contributed by atoms with Gasteiger partial charge in [-0.05, 0) is 67.8 Å². The van der Waals surface area contributed by atoms with Crippen LogP contribution in [0.2, 0.25) is 0 Å². The van der Waals surface area contributed by atoms with E-state index in [0.717, 1.165) is 11.1 Å². The quantitative estimate of drug-likeness (QED) is 0.551. The second-order valence-electron chi connectivity index (χ2n) is 8.55. The van der Waals surface area contributed by atoms with Crippen LogP contribution in [-0.2, 0) is 17.9 Å². The Kier molecular flexibility index (Phi) is 5.80. The summed E-state index contributed by atoms with van der Waals surface area (Å²) in [4.78, 5) is 26.0. The Balaban J connectivity index is 1.51. The highest BCUT2D eigenvalue weighted by Crippen LogP contribution is 2.31. The highest BCUT2D eigenvalue weighted by atomic mass is 19.1. The maximum absolute atomic E-state index is 14.3. The predicted octanol–water partition coefficient (Wildman–Crippen LogP) is 5.32. The number of hydrogen-bond donors (Lipinski definition) is 1. The number of nitrogens with zero attached hydrogens (tertiary/aromatic N) is 1. The minimum atomic E-state index is -1.39. The first-order valence-corrected chi connectivity index (χ1v) is 10.5. The molecule has 1 heterocycles. The first kappa shape index (κ1) is 22.3. The molecule has 1 amide bonds. The fourth-order valence-electron chi connectivity index (χ4n) is 3.66. The summed E-state index contributed by atoms with van der Waals surface area (Å²) >= 11 is 0. The second-order valence-corrected chi connectivity index (χ2v) is 8.55. The van der Waals surface area contributed by atoms with Crippen LogP contribution in [0.25, 0.3) is 0 Å². The molecule has 3 aromatic carbocycles. The average Bonchev–Trinajstić information content (AvgIpc) is 3.19. The van der Waals surface area contributed by atoms with Crippen molar-refractivity contribution in [1.29, 1.82) is 0 Å². The molecule has 6 nitrogen and oxygen atoms in total. The van der Waals surface area contributed by atoms with Crippen molar-refractivity contribution in [3.8, 4) is 17.2 Å². The predicted molar refractivity (Wildman–Crippen MR) is 120 cm³/mol. The van der Waals surface area contributed by atoms with Gasteiger partial charge in [0.05, 0.1) is 0 Å². The van der Waals surface area contributed by atoms with E-state index < -0.39 is 17.4 Å². The van der Waals surface area contributed by atoms with Crippen molar-refractivity contribution in [1.82, 2.24) is 4.90 Å². The van der Waals surface area contributed by atoms with Gasteiger partial charge in [0.1, 0.15) is 23.1 Å². The second kappa shape index (κ2) is 8.58. The number of hydrogen-bond acceptors (Lipinski definition) is 4. The summed E-state index contributed by atoms with van der Waals surface area (Å²) in [5.74, 6) is -0.933. The van der Waals surface area contributed by atoms with Crippen LogP contribution in [-0.4, -0.2) is 27.5 Å². The third-order valence-corrected chi connectivity index (χ3v) is 5.51. The molecule has 0 radical (unpaired) electrons. The zero-order valence-corrected chi connectivity index (χ0v) is 18.6. The normalized spacial score (nSPS) is 12.9. The summed E-state index contributed by atoms with van der Waals surface area (Å²) in [5.41, 5.74) is 1.65. The Morgan fingerprint density at radius 3 is 2.24 bits per heavy atom. The van der Waals surface area contributed by atoms with Crippen molar-refractivity contribution in [2.75, 3.05) is 0 Å². The molecule has 4 rings (SSSR count). The van der Waals surface area contributed by atoms with Crippen molar-refractivity contribution in [2.45, 2.75) is 39.5 Å². The summed E-state index contributed by atoms with van der Waals surface area (Å²) < 4.78 is 25.7. The van der Waals surface area contributed by atoms with Gasteiger partial charge in [0.25, 0.3) is 5.91 Å². The molecule has 0 aliphatic carbocycles. The maximum atomic E-state index is 14.3. The molecular formula is C26H24FNO5. The molecule has 7 heteroatoms. The molecule has 0 bridgehead atoms. The molecular weight excluding hydrogens is 425 g/mol. The molecule has 0 atom stereocenters. The van der Waals surface area contributed by atoms with E-state index in [1.165, 1.54) is 32.0 Å². The van der Waals surface area contributed by atoms with Gasteiger partial charge in [-0.15, -0.1) is 0 Å². The van der Waals surface area contributed by atoms with Crippen LogP contribution >= 0.6 is 0 Å². The Morgan fingerprint density at radius 1 is 0.970 bits per heavy atom. The van der Waals surface area contributed by atoms with Crippen molar-refractivity contribution >= 4 is 11.9 Å². The minimum Gasteiger partial charge on any atom is -0.478 e. The zero-order chi connectivity index (χ0) is 23.8. The van der Waals surface area contributed by atoms with E-state index >= 15 is 0 Å². The number of carboxylic acid groups (broad SMARTS) is 1. The topological polar surface area (TPSA) is 76.1 Å². The first-order valence-electron chi connectivity index (χ1n) is 10.5. The lowest BCUT2D eigenvalue weighted by Gasteiger charge is -2.23. The van der Waals surface area contributed by atoms with Crippen LogP contribution in [0.3, 0.4) is 0 Å². The number of benzene rings is 3. The number of rotatable bonds is 6. The number of ether oxygens (including phenoxy) is 2. The minimum absolute atomic E-state index is 0.189. The van der Waals surface area contributed by atoms with Gasteiger partial charge in [-0.3, -0.25) is 4.79 Å². The highest BCUT2D eigenvalue weighted by Gasteiger charge is 2.30. The molecule has 33 heavy (non-hydrogen) atoms. The Hall–Kier alpha value is -3.87. The van der Waals surface area contributed by atoms with Crippen LogP contribution in [0.5, 0.6) is 17.2 Å². The highest BCUT2D eigenvalue weighted by molar-refractivity contribution is 5.95. The Labute approximate surface area is 191 Å². The number of carbonyl (C=O) groups excluding carboxylic acids is 1. The number of carboxylic acids is 1. The van der Waals surface area contributed by atoms with Gasteiger partial charge in [-0.1, -0.05) is 24.3 Å². The van der Waals surface area contributed by atoms with Crippen LogP contribution in [0.4, 0.5) is 4.39 Å². The lowest BCUT2D eigenvalue weighted by Crippen LogP contribution is -2.38. The fourth-order valence-corrected chi connectivity index (χ4v) is 3.66. The van der Waals surface area contributed by atoms with Gasteiger partial charge in [-0.2, -0.15) is 0 Å². The summed E-state index contributed by atoms with van der Waals surface area (Å²) in [5, 5.41) is 9.25.